The van der Waals surface area contributed by atoms with Crippen molar-refractivity contribution in [2.24, 2.45) is 5.92 Å². The third-order valence-electron chi connectivity index (χ3n) is 5.21. The summed E-state index contributed by atoms with van der Waals surface area (Å²) in [5.74, 6) is 0.0985. The zero-order valence-electron chi connectivity index (χ0n) is 16.5. The number of aromatic nitrogens is 2. The van der Waals surface area contributed by atoms with E-state index in [1.165, 1.54) is 4.88 Å². The highest BCUT2D eigenvalue weighted by Gasteiger charge is 2.29. The van der Waals surface area contributed by atoms with E-state index < -0.39 is 0 Å². The topological polar surface area (TPSA) is 54.9 Å². The molecule has 5 heteroatoms. The van der Waals surface area contributed by atoms with Crippen LogP contribution in [0.1, 0.15) is 43.3 Å². The van der Waals surface area contributed by atoms with E-state index in [4.69, 9.17) is 4.98 Å². The number of fused-ring (bicyclic) bond motifs is 1. The Bertz CT molecular complexity index is 989. The van der Waals surface area contributed by atoms with Gasteiger partial charge in [-0.3, -0.25) is 9.78 Å². The lowest BCUT2D eigenvalue weighted by atomic mass is 9.85. The number of anilines is 1. The fourth-order valence-electron chi connectivity index (χ4n) is 3.69. The summed E-state index contributed by atoms with van der Waals surface area (Å²) < 4.78 is 0. The summed E-state index contributed by atoms with van der Waals surface area (Å²) in [7, 11) is 0. The van der Waals surface area contributed by atoms with Crippen molar-refractivity contribution < 1.29 is 4.79 Å². The number of hydrogen-bond acceptors (Lipinski definition) is 4. The van der Waals surface area contributed by atoms with Crippen LogP contribution >= 0.6 is 11.3 Å². The molecular weight excluding hydrogens is 366 g/mol. The van der Waals surface area contributed by atoms with Crippen molar-refractivity contribution in [2.75, 3.05) is 5.32 Å². The van der Waals surface area contributed by atoms with Crippen molar-refractivity contribution in [3.8, 4) is 10.6 Å². The monoisotopic (exact) mass is 391 g/mol. The molecule has 0 saturated heterocycles. The lowest BCUT2D eigenvalue weighted by molar-refractivity contribution is -0.120. The first-order valence-electron chi connectivity index (χ1n) is 9.71. The van der Waals surface area contributed by atoms with Crippen LogP contribution in [0.2, 0.25) is 0 Å². The van der Waals surface area contributed by atoms with Gasteiger partial charge in [0.1, 0.15) is 5.01 Å². The number of nitrogens with one attached hydrogen (secondary N) is 1. The van der Waals surface area contributed by atoms with Crippen molar-refractivity contribution in [3.63, 3.8) is 0 Å². The molecule has 0 spiro atoms. The number of nitrogens with zero attached hydrogens (tertiary/aromatic N) is 2. The minimum absolute atomic E-state index is 0.0114. The number of para-hydroxylation sites is 1. The van der Waals surface area contributed by atoms with Gasteiger partial charge in [-0.05, 0) is 48.4 Å². The van der Waals surface area contributed by atoms with Crippen LogP contribution in [0.25, 0.3) is 10.6 Å². The van der Waals surface area contributed by atoms with Crippen LogP contribution in [-0.4, -0.2) is 15.9 Å². The molecule has 1 aliphatic carbocycles. The number of pyridine rings is 1. The summed E-state index contributed by atoms with van der Waals surface area (Å²) in [5, 5.41) is 4.19. The van der Waals surface area contributed by atoms with Gasteiger partial charge in [-0.25, -0.2) is 4.98 Å². The zero-order valence-corrected chi connectivity index (χ0v) is 17.3. The second kappa shape index (κ2) is 7.47. The summed E-state index contributed by atoms with van der Waals surface area (Å²) in [6, 6.07) is 12.1. The number of aryl methyl sites for hydroxylation is 1. The third-order valence-corrected chi connectivity index (χ3v) is 6.38. The van der Waals surface area contributed by atoms with Gasteiger partial charge in [0.15, 0.2) is 0 Å². The highest BCUT2D eigenvalue weighted by Crippen LogP contribution is 2.35. The van der Waals surface area contributed by atoms with Gasteiger partial charge >= 0.3 is 0 Å². The second-order valence-electron chi connectivity index (χ2n) is 8.36. The first-order chi connectivity index (χ1) is 13.4. The second-order valence-corrected chi connectivity index (χ2v) is 9.44. The van der Waals surface area contributed by atoms with Crippen LogP contribution in [-0.2, 0) is 23.1 Å². The molecule has 0 aliphatic heterocycles. The summed E-state index contributed by atoms with van der Waals surface area (Å²) in [6.45, 7) is 6.51. The Kier molecular flexibility index (Phi) is 5.02. The van der Waals surface area contributed by atoms with E-state index >= 15 is 0 Å². The van der Waals surface area contributed by atoms with E-state index in [1.54, 1.807) is 17.5 Å². The number of carbonyl (C=O) groups excluding carboxylic acids is 1. The summed E-state index contributed by atoms with van der Waals surface area (Å²) in [4.78, 5) is 23.2. The van der Waals surface area contributed by atoms with Gasteiger partial charge in [0.05, 0.1) is 5.69 Å². The van der Waals surface area contributed by atoms with Crippen LogP contribution in [0.15, 0.2) is 48.8 Å². The largest absolute Gasteiger partial charge is 0.326 e. The maximum atomic E-state index is 13.0. The normalized spacial score (nSPS) is 16.5. The van der Waals surface area contributed by atoms with Gasteiger partial charge in [-0.1, -0.05) is 39.0 Å². The molecule has 1 amide bonds. The van der Waals surface area contributed by atoms with Crippen molar-refractivity contribution in [1.82, 2.24) is 9.97 Å². The van der Waals surface area contributed by atoms with E-state index in [2.05, 4.69) is 37.1 Å². The average Bonchev–Trinajstić information content (AvgIpc) is 3.11. The molecule has 1 aromatic carbocycles. The van der Waals surface area contributed by atoms with E-state index in [-0.39, 0.29) is 17.2 Å². The van der Waals surface area contributed by atoms with E-state index in [1.807, 2.05) is 36.5 Å². The molecule has 2 heterocycles. The smallest absolute Gasteiger partial charge is 0.227 e. The van der Waals surface area contributed by atoms with E-state index in [9.17, 15) is 4.79 Å². The van der Waals surface area contributed by atoms with Gasteiger partial charge in [-0.15, -0.1) is 11.3 Å². The highest BCUT2D eigenvalue weighted by atomic mass is 32.1. The van der Waals surface area contributed by atoms with Crippen molar-refractivity contribution >= 4 is 22.9 Å². The minimum Gasteiger partial charge on any atom is -0.326 e. The predicted molar refractivity (Wildman–Crippen MR) is 115 cm³/mol. The first kappa shape index (κ1) is 18.8. The molecular formula is C23H25N3OS. The van der Waals surface area contributed by atoms with E-state index in [0.29, 0.717) is 0 Å². The van der Waals surface area contributed by atoms with Crippen molar-refractivity contribution in [3.05, 3.63) is 64.9 Å². The Hall–Kier alpha value is -2.53. The molecule has 0 saturated carbocycles. The maximum Gasteiger partial charge on any atom is 0.227 e. The van der Waals surface area contributed by atoms with Crippen LogP contribution in [0.5, 0.6) is 0 Å². The molecule has 144 valence electrons. The Balaban J connectivity index is 1.51. The fraction of sp³-hybridized carbons (Fsp3) is 0.348. The highest BCUT2D eigenvalue weighted by molar-refractivity contribution is 7.15. The molecule has 4 nitrogen and oxygen atoms in total. The lowest BCUT2D eigenvalue weighted by Gasteiger charge is -2.25. The van der Waals surface area contributed by atoms with Crippen molar-refractivity contribution in [2.45, 2.75) is 45.4 Å². The van der Waals surface area contributed by atoms with Crippen molar-refractivity contribution in [1.29, 1.82) is 0 Å². The lowest BCUT2D eigenvalue weighted by Crippen LogP contribution is -2.29. The van der Waals surface area contributed by atoms with Crippen LogP contribution in [0.4, 0.5) is 5.69 Å². The molecule has 2 aromatic heterocycles. The Morgan fingerprint density at radius 3 is 2.75 bits per heavy atom. The van der Waals surface area contributed by atoms with Gasteiger partial charge in [-0.2, -0.15) is 0 Å². The minimum atomic E-state index is -0.0140. The number of hydrogen-bond donors (Lipinski definition) is 1. The SMILES string of the molecule is CC(C)(C)c1ccccc1NC(=O)C1CCc2nc(-c3cccnc3)sc2C1. The summed E-state index contributed by atoms with van der Waals surface area (Å²) in [5.41, 5.74) is 4.26. The molecule has 28 heavy (non-hydrogen) atoms. The molecule has 0 bridgehead atoms. The molecule has 0 fully saturated rings. The molecule has 4 rings (SSSR count). The number of carbonyl (C=O) groups is 1. The standard InChI is InChI=1S/C23H25N3OS/c1-23(2,3)17-8-4-5-9-18(17)25-21(27)15-10-11-19-20(13-15)28-22(26-19)16-7-6-12-24-14-16/h4-9,12,14-15H,10-11,13H2,1-3H3,(H,25,27). The van der Waals surface area contributed by atoms with E-state index in [0.717, 1.165) is 46.8 Å². The molecule has 1 N–H and O–H groups in total. The number of rotatable bonds is 3. The molecule has 1 atom stereocenters. The summed E-state index contributed by atoms with van der Waals surface area (Å²) >= 11 is 1.69. The zero-order chi connectivity index (χ0) is 19.7. The van der Waals surface area contributed by atoms with Gasteiger partial charge < -0.3 is 5.32 Å². The molecule has 0 radical (unpaired) electrons. The third kappa shape index (κ3) is 3.85. The van der Waals surface area contributed by atoms with Crippen LogP contribution in [0, 0.1) is 5.92 Å². The first-order valence-corrected chi connectivity index (χ1v) is 10.5. The fourth-order valence-corrected chi connectivity index (χ4v) is 4.87. The predicted octanol–water partition coefficient (Wildman–Crippen LogP) is 5.25. The number of benzene rings is 1. The Morgan fingerprint density at radius 2 is 2.00 bits per heavy atom. The van der Waals surface area contributed by atoms with Gasteiger partial charge in [0, 0.05) is 34.4 Å². The quantitative estimate of drug-likeness (QED) is 0.664. The average molecular weight is 392 g/mol. The molecule has 1 unspecified atom stereocenters. The molecule has 3 aromatic rings. The molecule has 1 aliphatic rings. The van der Waals surface area contributed by atoms with Gasteiger partial charge in [0.25, 0.3) is 0 Å². The van der Waals surface area contributed by atoms with Crippen LogP contribution < -0.4 is 5.32 Å². The number of amides is 1. The van der Waals surface area contributed by atoms with Crippen LogP contribution in [0.3, 0.4) is 0 Å². The Morgan fingerprint density at radius 1 is 1.18 bits per heavy atom. The van der Waals surface area contributed by atoms with Gasteiger partial charge in [0.2, 0.25) is 5.91 Å². The summed E-state index contributed by atoms with van der Waals surface area (Å²) in [6.07, 6.45) is 6.07. The maximum absolute atomic E-state index is 13.0. The number of thiazole rings is 1. The Labute approximate surface area is 170 Å².